The maximum atomic E-state index is 5.60. The average molecular weight is 304 g/mol. The van der Waals surface area contributed by atoms with Crippen molar-refractivity contribution in [3.05, 3.63) is 66.5 Å². The highest BCUT2D eigenvalue weighted by atomic mass is 14.8. The second-order valence-corrected chi connectivity index (χ2v) is 5.42. The normalized spacial score (nSPS) is 10.7. The fraction of sp³-hybridized carbons (Fsp3) is 0.211. The molecule has 3 heterocycles. The number of hydrogen-bond acceptors (Lipinski definition) is 4. The number of aromatic nitrogens is 3. The molecule has 0 fully saturated rings. The van der Waals surface area contributed by atoms with Gasteiger partial charge in [-0.1, -0.05) is 12.1 Å². The Morgan fingerprint density at radius 3 is 1.83 bits per heavy atom. The van der Waals surface area contributed by atoms with Gasteiger partial charge < -0.3 is 5.73 Å². The lowest BCUT2D eigenvalue weighted by Gasteiger charge is -2.08. The van der Waals surface area contributed by atoms with Crippen molar-refractivity contribution >= 4 is 0 Å². The third-order valence-corrected chi connectivity index (χ3v) is 3.66. The van der Waals surface area contributed by atoms with Crippen LogP contribution in [0.5, 0.6) is 0 Å². The molecule has 0 spiro atoms. The van der Waals surface area contributed by atoms with Gasteiger partial charge in [0.15, 0.2) is 0 Å². The molecule has 0 aliphatic rings. The minimum Gasteiger partial charge on any atom is -0.330 e. The van der Waals surface area contributed by atoms with E-state index >= 15 is 0 Å². The Hall–Kier alpha value is -2.59. The van der Waals surface area contributed by atoms with Crippen LogP contribution in [0.15, 0.2) is 60.9 Å². The fourth-order valence-electron chi connectivity index (χ4n) is 2.50. The SMILES string of the molecule is NCCCCc1cc(-c2ccccn2)nc(-c2ccccn2)c1. The molecule has 0 atom stereocenters. The highest BCUT2D eigenvalue weighted by Crippen LogP contribution is 2.23. The van der Waals surface area contributed by atoms with Crippen molar-refractivity contribution in [2.24, 2.45) is 5.73 Å². The van der Waals surface area contributed by atoms with Crippen molar-refractivity contribution in [2.75, 3.05) is 6.54 Å². The molecule has 0 saturated heterocycles. The molecule has 2 N–H and O–H groups in total. The number of aryl methyl sites for hydroxylation is 1. The number of hydrogen-bond donors (Lipinski definition) is 1. The second kappa shape index (κ2) is 7.61. The standard InChI is InChI=1S/C19H20N4/c20-10-4-1-7-15-13-18(16-8-2-5-11-21-16)23-19(14-15)17-9-3-6-12-22-17/h2-3,5-6,8-9,11-14H,1,4,7,10,20H2. The number of rotatable bonds is 6. The zero-order valence-electron chi connectivity index (χ0n) is 13.0. The van der Waals surface area contributed by atoms with Gasteiger partial charge in [-0.15, -0.1) is 0 Å². The molecule has 0 aliphatic carbocycles. The smallest absolute Gasteiger partial charge is 0.0897 e. The number of nitrogens with two attached hydrogens (primary N) is 1. The molecule has 0 aromatic carbocycles. The van der Waals surface area contributed by atoms with E-state index in [1.165, 1.54) is 5.56 Å². The first kappa shape index (κ1) is 15.3. The Bertz CT molecular complexity index is 684. The molecule has 3 rings (SSSR count). The molecular formula is C19H20N4. The number of pyridine rings is 3. The third-order valence-electron chi connectivity index (χ3n) is 3.66. The van der Waals surface area contributed by atoms with E-state index in [1.807, 2.05) is 36.4 Å². The summed E-state index contributed by atoms with van der Waals surface area (Å²) in [6.45, 7) is 0.727. The van der Waals surface area contributed by atoms with Gasteiger partial charge in [0.05, 0.1) is 22.8 Å². The van der Waals surface area contributed by atoms with Gasteiger partial charge in [0, 0.05) is 12.4 Å². The van der Waals surface area contributed by atoms with Crippen LogP contribution in [0, 0.1) is 0 Å². The molecule has 3 aromatic rings. The average Bonchev–Trinajstić information content (AvgIpc) is 2.63. The van der Waals surface area contributed by atoms with Gasteiger partial charge in [-0.2, -0.15) is 0 Å². The summed E-state index contributed by atoms with van der Waals surface area (Å²) in [6.07, 6.45) is 6.67. The van der Waals surface area contributed by atoms with Crippen LogP contribution in [-0.2, 0) is 6.42 Å². The topological polar surface area (TPSA) is 64.7 Å². The Morgan fingerprint density at radius 2 is 1.35 bits per heavy atom. The summed E-state index contributed by atoms with van der Waals surface area (Å²) in [5.74, 6) is 0. The lowest BCUT2D eigenvalue weighted by molar-refractivity contribution is 0.744. The van der Waals surface area contributed by atoms with Crippen molar-refractivity contribution in [1.29, 1.82) is 0 Å². The number of nitrogens with zero attached hydrogens (tertiary/aromatic N) is 3. The summed E-state index contributed by atoms with van der Waals surface area (Å²) in [5, 5.41) is 0. The molecule has 4 heteroatoms. The third kappa shape index (κ3) is 3.99. The van der Waals surface area contributed by atoms with Crippen molar-refractivity contribution in [1.82, 2.24) is 15.0 Å². The van der Waals surface area contributed by atoms with E-state index < -0.39 is 0 Å². The van der Waals surface area contributed by atoms with Crippen LogP contribution in [-0.4, -0.2) is 21.5 Å². The maximum absolute atomic E-state index is 5.60. The van der Waals surface area contributed by atoms with Gasteiger partial charge in [-0.3, -0.25) is 9.97 Å². The maximum Gasteiger partial charge on any atom is 0.0897 e. The van der Waals surface area contributed by atoms with Crippen LogP contribution in [0.25, 0.3) is 22.8 Å². The summed E-state index contributed by atoms with van der Waals surface area (Å²) in [7, 11) is 0. The van der Waals surface area contributed by atoms with E-state index in [1.54, 1.807) is 12.4 Å². The van der Waals surface area contributed by atoms with Crippen LogP contribution >= 0.6 is 0 Å². The van der Waals surface area contributed by atoms with E-state index in [-0.39, 0.29) is 0 Å². The van der Waals surface area contributed by atoms with Gasteiger partial charge in [-0.05, 0) is 67.8 Å². The molecule has 0 aliphatic heterocycles. The number of unbranched alkanes of at least 4 members (excludes halogenated alkanes) is 1. The Labute approximate surface area is 136 Å². The zero-order valence-corrected chi connectivity index (χ0v) is 13.0. The lowest BCUT2D eigenvalue weighted by Crippen LogP contribution is -2.00. The summed E-state index contributed by atoms with van der Waals surface area (Å²) in [6, 6.07) is 16.0. The van der Waals surface area contributed by atoms with Crippen LogP contribution in [0.1, 0.15) is 18.4 Å². The minimum absolute atomic E-state index is 0.727. The fourth-order valence-corrected chi connectivity index (χ4v) is 2.50. The van der Waals surface area contributed by atoms with Crippen LogP contribution < -0.4 is 5.73 Å². The van der Waals surface area contributed by atoms with Gasteiger partial charge in [0.2, 0.25) is 0 Å². The predicted molar refractivity (Wildman–Crippen MR) is 92.7 cm³/mol. The summed E-state index contributed by atoms with van der Waals surface area (Å²) in [5.41, 5.74) is 10.4. The Morgan fingerprint density at radius 1 is 0.739 bits per heavy atom. The van der Waals surface area contributed by atoms with Gasteiger partial charge in [0.1, 0.15) is 0 Å². The molecule has 0 amide bonds. The van der Waals surface area contributed by atoms with Crippen molar-refractivity contribution in [2.45, 2.75) is 19.3 Å². The first-order chi connectivity index (χ1) is 11.4. The van der Waals surface area contributed by atoms with Crippen LogP contribution in [0.2, 0.25) is 0 Å². The lowest BCUT2D eigenvalue weighted by atomic mass is 10.0. The van der Waals surface area contributed by atoms with E-state index in [4.69, 9.17) is 10.7 Å². The Kier molecular flexibility index (Phi) is 5.06. The molecule has 0 radical (unpaired) electrons. The van der Waals surface area contributed by atoms with E-state index in [0.29, 0.717) is 0 Å². The molecule has 3 aromatic heterocycles. The van der Waals surface area contributed by atoms with Gasteiger partial charge in [0.25, 0.3) is 0 Å². The first-order valence-electron chi connectivity index (χ1n) is 7.90. The zero-order chi connectivity index (χ0) is 15.9. The highest BCUT2D eigenvalue weighted by Gasteiger charge is 2.08. The predicted octanol–water partition coefficient (Wildman–Crippen LogP) is 3.49. The van der Waals surface area contributed by atoms with Gasteiger partial charge in [-0.25, -0.2) is 4.98 Å². The molecule has 0 unspecified atom stereocenters. The molecule has 0 bridgehead atoms. The summed E-state index contributed by atoms with van der Waals surface area (Å²) in [4.78, 5) is 13.6. The second-order valence-electron chi connectivity index (χ2n) is 5.42. The van der Waals surface area contributed by atoms with Crippen molar-refractivity contribution < 1.29 is 0 Å². The minimum atomic E-state index is 0.727. The van der Waals surface area contributed by atoms with Crippen LogP contribution in [0.4, 0.5) is 0 Å². The van der Waals surface area contributed by atoms with Crippen LogP contribution in [0.3, 0.4) is 0 Å². The molecule has 4 nitrogen and oxygen atoms in total. The molecule has 0 saturated carbocycles. The summed E-state index contributed by atoms with van der Waals surface area (Å²) < 4.78 is 0. The van der Waals surface area contributed by atoms with Gasteiger partial charge >= 0.3 is 0 Å². The van der Waals surface area contributed by atoms with Crippen molar-refractivity contribution in [3.8, 4) is 22.8 Å². The van der Waals surface area contributed by atoms with Crippen molar-refractivity contribution in [3.63, 3.8) is 0 Å². The highest BCUT2D eigenvalue weighted by molar-refractivity contribution is 5.63. The van der Waals surface area contributed by atoms with E-state index in [0.717, 1.165) is 48.6 Å². The monoisotopic (exact) mass is 304 g/mol. The molecule has 23 heavy (non-hydrogen) atoms. The quantitative estimate of drug-likeness (QED) is 0.708. The first-order valence-corrected chi connectivity index (χ1v) is 7.90. The van der Waals surface area contributed by atoms with E-state index in [9.17, 15) is 0 Å². The molecule has 116 valence electrons. The molecular weight excluding hydrogens is 284 g/mol. The Balaban J connectivity index is 2.00. The van der Waals surface area contributed by atoms with E-state index in [2.05, 4.69) is 22.1 Å². The largest absolute Gasteiger partial charge is 0.330 e. The summed E-state index contributed by atoms with van der Waals surface area (Å²) >= 11 is 0.